The monoisotopic (exact) mass is 443 g/mol. The number of carbonyl (C=O) groups excluding carboxylic acids is 1. The molecule has 0 radical (unpaired) electrons. The summed E-state index contributed by atoms with van der Waals surface area (Å²) in [6, 6.07) is 4.95. The third-order valence-corrected chi connectivity index (χ3v) is 6.55. The maximum absolute atomic E-state index is 13.2. The van der Waals surface area contributed by atoms with Gasteiger partial charge < -0.3 is 14.1 Å². The number of hydrogen-bond acceptors (Lipinski definition) is 5. The maximum atomic E-state index is 13.2. The van der Waals surface area contributed by atoms with Crippen molar-refractivity contribution in [2.24, 2.45) is 5.92 Å². The molecule has 31 heavy (non-hydrogen) atoms. The zero-order valence-corrected chi connectivity index (χ0v) is 18.7. The Hall–Kier alpha value is -2.54. The number of H-pyrrole nitrogens is 1. The molecule has 164 valence electrons. The minimum absolute atomic E-state index is 0.102. The van der Waals surface area contributed by atoms with Crippen LogP contribution in [0.2, 0.25) is 5.02 Å². The Morgan fingerprint density at radius 1 is 1.29 bits per heavy atom. The Kier molecular flexibility index (Phi) is 4.77. The summed E-state index contributed by atoms with van der Waals surface area (Å²) in [5.41, 5.74) is 0.233. The molecule has 3 aromatic rings. The highest BCUT2D eigenvalue weighted by atomic mass is 35.5. The zero-order valence-electron chi connectivity index (χ0n) is 17.9. The van der Waals surface area contributed by atoms with E-state index in [1.807, 2.05) is 25.7 Å². The van der Waals surface area contributed by atoms with Gasteiger partial charge in [0.1, 0.15) is 22.5 Å². The van der Waals surface area contributed by atoms with Gasteiger partial charge in [-0.1, -0.05) is 24.4 Å². The van der Waals surface area contributed by atoms with Gasteiger partial charge in [0.2, 0.25) is 5.58 Å². The number of halogens is 1. The number of aromatic nitrogens is 2. The molecule has 0 bridgehead atoms. The Bertz CT molecular complexity index is 1230. The lowest BCUT2D eigenvalue weighted by Gasteiger charge is -2.35. The molecular formula is C23H26ClN3O4. The number of amides is 1. The number of nitrogens with zero attached hydrogens (tertiary/aromatic N) is 2. The van der Waals surface area contributed by atoms with Crippen molar-refractivity contribution in [2.75, 3.05) is 0 Å². The van der Waals surface area contributed by atoms with Crippen molar-refractivity contribution in [3.8, 4) is 0 Å². The third kappa shape index (κ3) is 3.59. The summed E-state index contributed by atoms with van der Waals surface area (Å²) in [7, 11) is 0. The van der Waals surface area contributed by atoms with Crippen LogP contribution >= 0.6 is 11.6 Å². The van der Waals surface area contributed by atoms with Crippen molar-refractivity contribution in [2.45, 2.75) is 70.6 Å². The molecule has 2 unspecified atom stereocenters. The molecule has 1 aromatic carbocycles. The van der Waals surface area contributed by atoms with Crippen LogP contribution in [0.5, 0.6) is 0 Å². The van der Waals surface area contributed by atoms with Crippen LogP contribution in [-0.4, -0.2) is 32.6 Å². The molecule has 5 rings (SSSR count). The molecule has 8 heteroatoms. The van der Waals surface area contributed by atoms with E-state index in [0.29, 0.717) is 33.3 Å². The number of fused-ring (bicyclic) bond motifs is 4. The number of benzene rings is 1. The van der Waals surface area contributed by atoms with Crippen molar-refractivity contribution in [3.05, 3.63) is 39.4 Å². The highest BCUT2D eigenvalue weighted by Gasteiger charge is 2.47. The Balaban J connectivity index is 1.62. The molecule has 1 saturated heterocycles. The van der Waals surface area contributed by atoms with E-state index in [9.17, 15) is 9.59 Å². The van der Waals surface area contributed by atoms with Crippen LogP contribution in [0.25, 0.3) is 22.1 Å². The van der Waals surface area contributed by atoms with E-state index in [2.05, 4.69) is 4.98 Å². The third-order valence-electron chi connectivity index (χ3n) is 6.31. The number of likely N-dealkylation sites (tertiary alicyclic amines) is 1. The molecule has 1 saturated carbocycles. The van der Waals surface area contributed by atoms with Crippen LogP contribution in [0.3, 0.4) is 0 Å². The van der Waals surface area contributed by atoms with Crippen molar-refractivity contribution in [1.29, 1.82) is 0 Å². The maximum Gasteiger partial charge on any atom is 0.411 e. The minimum atomic E-state index is -0.601. The van der Waals surface area contributed by atoms with Gasteiger partial charge in [-0.3, -0.25) is 9.69 Å². The van der Waals surface area contributed by atoms with E-state index in [1.54, 1.807) is 18.2 Å². The summed E-state index contributed by atoms with van der Waals surface area (Å²) in [4.78, 5) is 35.5. The highest BCUT2D eigenvalue weighted by Crippen LogP contribution is 2.46. The number of aromatic amines is 1. The first-order chi connectivity index (χ1) is 14.7. The summed E-state index contributed by atoms with van der Waals surface area (Å²) in [6.07, 6.45) is 4.66. The number of furan rings is 1. The number of nitrogens with one attached hydrogen (secondary N) is 1. The Morgan fingerprint density at radius 3 is 2.84 bits per heavy atom. The predicted octanol–water partition coefficient (Wildman–Crippen LogP) is 5.56. The summed E-state index contributed by atoms with van der Waals surface area (Å²) in [5.74, 6) is 0.850. The molecular weight excluding hydrogens is 418 g/mol. The zero-order chi connectivity index (χ0) is 21.9. The summed E-state index contributed by atoms with van der Waals surface area (Å²) < 4.78 is 11.5. The van der Waals surface area contributed by atoms with Gasteiger partial charge in [0.05, 0.1) is 6.04 Å². The van der Waals surface area contributed by atoms with Gasteiger partial charge in [0, 0.05) is 16.5 Å². The minimum Gasteiger partial charge on any atom is -0.449 e. The predicted molar refractivity (Wildman–Crippen MR) is 118 cm³/mol. The quantitative estimate of drug-likeness (QED) is 0.531. The lowest BCUT2D eigenvalue weighted by molar-refractivity contribution is 0.00945. The topological polar surface area (TPSA) is 88.4 Å². The second kappa shape index (κ2) is 7.26. The molecule has 2 fully saturated rings. The average molecular weight is 444 g/mol. The average Bonchev–Trinajstić information content (AvgIpc) is 3.25. The second-order valence-electron chi connectivity index (χ2n) is 9.62. The highest BCUT2D eigenvalue weighted by molar-refractivity contribution is 6.31. The van der Waals surface area contributed by atoms with E-state index < -0.39 is 5.60 Å². The van der Waals surface area contributed by atoms with Gasteiger partial charge in [0.15, 0.2) is 0 Å². The van der Waals surface area contributed by atoms with Crippen molar-refractivity contribution in [1.82, 2.24) is 14.9 Å². The Labute approximate surface area is 184 Å². The molecule has 1 N–H and O–H groups in total. The number of carbonyl (C=O) groups is 1. The number of hydrogen-bond donors (Lipinski definition) is 1. The van der Waals surface area contributed by atoms with Crippen LogP contribution in [0.4, 0.5) is 4.79 Å². The van der Waals surface area contributed by atoms with Crippen LogP contribution in [-0.2, 0) is 4.74 Å². The number of ether oxygens (including phenoxy) is 1. The van der Waals surface area contributed by atoms with Crippen LogP contribution < -0.4 is 5.56 Å². The fraction of sp³-hybridized carbons (Fsp3) is 0.522. The van der Waals surface area contributed by atoms with Gasteiger partial charge in [-0.05, 0) is 64.2 Å². The molecule has 2 aliphatic rings. The van der Waals surface area contributed by atoms with Crippen molar-refractivity contribution in [3.63, 3.8) is 0 Å². The summed E-state index contributed by atoms with van der Waals surface area (Å²) >= 11 is 6.17. The first-order valence-electron chi connectivity index (χ1n) is 10.8. The van der Waals surface area contributed by atoms with Gasteiger partial charge in [0.25, 0.3) is 5.56 Å². The SMILES string of the molecule is CC(C)(C)OC(=O)N1C2CCCCC2C[C@H]1c1nc2c(oc3ccc(Cl)cc32)c(=O)[nH]1. The van der Waals surface area contributed by atoms with E-state index in [4.69, 9.17) is 25.7 Å². The van der Waals surface area contributed by atoms with Crippen LogP contribution in [0, 0.1) is 5.92 Å². The van der Waals surface area contributed by atoms with Gasteiger partial charge in [-0.25, -0.2) is 9.78 Å². The molecule has 3 atom stereocenters. The van der Waals surface area contributed by atoms with E-state index in [1.165, 1.54) is 0 Å². The van der Waals surface area contributed by atoms with Gasteiger partial charge in [-0.15, -0.1) is 0 Å². The number of rotatable bonds is 1. The van der Waals surface area contributed by atoms with Crippen molar-refractivity contribution >= 4 is 39.8 Å². The molecule has 1 amide bonds. The molecule has 1 aliphatic heterocycles. The molecule has 7 nitrogen and oxygen atoms in total. The van der Waals surface area contributed by atoms with Gasteiger partial charge in [-0.2, -0.15) is 0 Å². The molecule has 1 aliphatic carbocycles. The van der Waals surface area contributed by atoms with E-state index in [0.717, 1.165) is 32.1 Å². The van der Waals surface area contributed by atoms with Crippen LogP contribution in [0.1, 0.15) is 64.7 Å². The fourth-order valence-corrected chi connectivity index (χ4v) is 5.25. The molecule has 0 spiro atoms. The largest absolute Gasteiger partial charge is 0.449 e. The molecule has 3 heterocycles. The normalized spacial score (nSPS) is 24.0. The standard InChI is InChI=1S/C23H26ClN3O4/c1-23(2,3)31-22(29)27-15-7-5-4-6-12(15)10-16(27)20-25-18-14-11-13(24)8-9-17(14)30-19(18)21(28)26-20/h8-9,11-12,15-16H,4-7,10H2,1-3H3,(H,25,26,28)/t12?,15?,16-/m0/s1. The smallest absolute Gasteiger partial charge is 0.411 e. The summed E-state index contributed by atoms with van der Waals surface area (Å²) in [5, 5.41) is 1.23. The summed E-state index contributed by atoms with van der Waals surface area (Å²) in [6.45, 7) is 5.59. The first-order valence-corrected chi connectivity index (χ1v) is 11.2. The first kappa shape index (κ1) is 20.4. The van der Waals surface area contributed by atoms with Crippen LogP contribution in [0.15, 0.2) is 27.4 Å². The van der Waals surface area contributed by atoms with E-state index in [-0.39, 0.29) is 29.3 Å². The molecule has 2 aromatic heterocycles. The second-order valence-corrected chi connectivity index (χ2v) is 10.1. The van der Waals surface area contributed by atoms with Crippen molar-refractivity contribution < 1.29 is 13.9 Å². The van der Waals surface area contributed by atoms with Gasteiger partial charge >= 0.3 is 6.09 Å². The lowest BCUT2D eigenvalue weighted by Crippen LogP contribution is -2.43. The van der Waals surface area contributed by atoms with E-state index >= 15 is 0 Å². The Morgan fingerprint density at radius 2 is 2.06 bits per heavy atom. The fourth-order valence-electron chi connectivity index (χ4n) is 5.08. The lowest BCUT2D eigenvalue weighted by atomic mass is 9.85.